The Balaban J connectivity index is 2.43. The van der Waals surface area contributed by atoms with E-state index in [0.29, 0.717) is 23.6 Å². The first-order valence-electron chi connectivity index (χ1n) is 5.17. The van der Waals surface area contributed by atoms with Crippen LogP contribution in [-0.4, -0.2) is 6.04 Å². The number of rotatable bonds is 3. The fourth-order valence-electron chi connectivity index (χ4n) is 1.58. The second-order valence-electron chi connectivity index (χ2n) is 4.03. The van der Waals surface area contributed by atoms with Gasteiger partial charge in [-0.2, -0.15) is 0 Å². The lowest BCUT2D eigenvalue weighted by atomic mass is 10.1. The van der Waals surface area contributed by atoms with Crippen molar-refractivity contribution in [2.75, 3.05) is 0 Å². The van der Waals surface area contributed by atoms with Gasteiger partial charge < -0.3 is 9.73 Å². The van der Waals surface area contributed by atoms with Gasteiger partial charge in [-0.25, -0.2) is 4.39 Å². The van der Waals surface area contributed by atoms with E-state index in [1.165, 1.54) is 6.07 Å². The molecule has 0 radical (unpaired) electrons. The Kier molecular flexibility index (Phi) is 3.30. The van der Waals surface area contributed by atoms with Crippen LogP contribution in [0.4, 0.5) is 4.39 Å². The lowest BCUT2D eigenvalue weighted by Gasteiger charge is -2.06. The van der Waals surface area contributed by atoms with Gasteiger partial charge in [-0.05, 0) is 28.1 Å². The summed E-state index contributed by atoms with van der Waals surface area (Å²) in [6.07, 6.45) is 1.61. The molecule has 0 aliphatic heterocycles. The van der Waals surface area contributed by atoms with Crippen LogP contribution >= 0.6 is 15.9 Å². The van der Waals surface area contributed by atoms with Crippen molar-refractivity contribution in [1.29, 1.82) is 0 Å². The first kappa shape index (κ1) is 11.6. The first-order chi connectivity index (χ1) is 7.59. The molecule has 1 N–H and O–H groups in total. The molecule has 2 rings (SSSR count). The molecular formula is C12H13BrFNO. The predicted molar refractivity (Wildman–Crippen MR) is 65.8 cm³/mol. The Morgan fingerprint density at radius 3 is 2.88 bits per heavy atom. The maximum atomic E-state index is 13.7. The molecule has 0 aliphatic rings. The predicted octanol–water partition coefficient (Wildman–Crippen LogP) is 3.83. The number of nitrogens with one attached hydrogen (secondary N) is 1. The van der Waals surface area contributed by atoms with Gasteiger partial charge in [0.1, 0.15) is 5.82 Å². The van der Waals surface area contributed by atoms with Crippen molar-refractivity contribution >= 4 is 26.9 Å². The Bertz CT molecular complexity index is 507. The molecule has 0 fully saturated rings. The molecular weight excluding hydrogens is 273 g/mol. The van der Waals surface area contributed by atoms with E-state index in [1.807, 2.05) is 0 Å². The largest absolute Gasteiger partial charge is 0.463 e. The number of fused-ring (bicyclic) bond motifs is 1. The van der Waals surface area contributed by atoms with Gasteiger partial charge in [-0.3, -0.25) is 0 Å². The highest BCUT2D eigenvalue weighted by Gasteiger charge is 2.13. The van der Waals surface area contributed by atoms with E-state index in [0.717, 1.165) is 10.0 Å². The third kappa shape index (κ3) is 2.13. The molecule has 0 saturated heterocycles. The molecule has 0 aliphatic carbocycles. The highest BCUT2D eigenvalue weighted by molar-refractivity contribution is 9.10. The van der Waals surface area contributed by atoms with Crippen LogP contribution < -0.4 is 5.32 Å². The highest BCUT2D eigenvalue weighted by Crippen LogP contribution is 2.30. The number of halogens is 2. The second kappa shape index (κ2) is 4.55. The normalized spacial score (nSPS) is 11.6. The van der Waals surface area contributed by atoms with Gasteiger partial charge in [0.05, 0.1) is 16.1 Å². The third-order valence-corrected chi connectivity index (χ3v) is 3.02. The summed E-state index contributed by atoms with van der Waals surface area (Å²) in [5.41, 5.74) is 1.42. The Morgan fingerprint density at radius 1 is 1.44 bits per heavy atom. The average Bonchev–Trinajstić information content (AvgIpc) is 2.65. The Labute approximate surface area is 102 Å². The molecule has 0 saturated carbocycles. The molecule has 0 atom stereocenters. The van der Waals surface area contributed by atoms with Crippen molar-refractivity contribution in [3.8, 4) is 0 Å². The van der Waals surface area contributed by atoms with Gasteiger partial charge in [0.15, 0.2) is 5.58 Å². The standard InChI is InChI=1S/C12H13BrFNO/c1-7(2)15-5-8-6-16-12-9(13)3-4-10(14)11(8)12/h3-4,6-7,15H,5H2,1-2H3. The number of furan rings is 1. The molecule has 0 unspecified atom stereocenters. The van der Waals surface area contributed by atoms with E-state index in [-0.39, 0.29) is 5.82 Å². The lowest BCUT2D eigenvalue weighted by Crippen LogP contribution is -2.21. The smallest absolute Gasteiger partial charge is 0.151 e. The molecule has 2 nitrogen and oxygen atoms in total. The first-order valence-corrected chi connectivity index (χ1v) is 5.96. The summed E-state index contributed by atoms with van der Waals surface area (Å²) in [6.45, 7) is 4.71. The molecule has 1 aromatic carbocycles. The Morgan fingerprint density at radius 2 is 2.19 bits per heavy atom. The molecule has 16 heavy (non-hydrogen) atoms. The van der Waals surface area contributed by atoms with E-state index >= 15 is 0 Å². The van der Waals surface area contributed by atoms with Crippen molar-refractivity contribution in [2.45, 2.75) is 26.4 Å². The van der Waals surface area contributed by atoms with Crippen LogP contribution in [0.2, 0.25) is 0 Å². The fourth-order valence-corrected chi connectivity index (χ4v) is 2.00. The van der Waals surface area contributed by atoms with Crippen LogP contribution in [0, 0.1) is 5.82 Å². The van der Waals surface area contributed by atoms with E-state index in [4.69, 9.17) is 4.42 Å². The molecule has 1 heterocycles. The molecule has 0 amide bonds. The molecule has 0 bridgehead atoms. The zero-order valence-corrected chi connectivity index (χ0v) is 10.8. The minimum Gasteiger partial charge on any atom is -0.463 e. The molecule has 4 heteroatoms. The van der Waals surface area contributed by atoms with E-state index in [9.17, 15) is 4.39 Å². The summed E-state index contributed by atoms with van der Waals surface area (Å²) < 4.78 is 19.8. The fraction of sp³-hybridized carbons (Fsp3) is 0.333. The van der Waals surface area contributed by atoms with E-state index < -0.39 is 0 Å². The summed E-state index contributed by atoms with van der Waals surface area (Å²) in [6, 6.07) is 3.46. The molecule has 1 aromatic heterocycles. The van der Waals surface area contributed by atoms with Gasteiger partial charge in [0.25, 0.3) is 0 Å². The monoisotopic (exact) mass is 285 g/mol. The van der Waals surface area contributed by atoms with Crippen LogP contribution in [-0.2, 0) is 6.54 Å². The zero-order valence-electron chi connectivity index (χ0n) is 9.18. The van der Waals surface area contributed by atoms with Crippen molar-refractivity contribution in [3.05, 3.63) is 34.2 Å². The lowest BCUT2D eigenvalue weighted by molar-refractivity contribution is 0.572. The van der Waals surface area contributed by atoms with Gasteiger partial charge in [0, 0.05) is 18.2 Å². The van der Waals surface area contributed by atoms with Crippen molar-refractivity contribution in [3.63, 3.8) is 0 Å². The molecule has 86 valence electrons. The van der Waals surface area contributed by atoms with Crippen LogP contribution in [0.25, 0.3) is 11.0 Å². The Hall–Kier alpha value is -0.870. The van der Waals surface area contributed by atoms with Gasteiger partial charge in [-0.15, -0.1) is 0 Å². The number of hydrogen-bond acceptors (Lipinski definition) is 2. The molecule has 2 aromatic rings. The summed E-state index contributed by atoms with van der Waals surface area (Å²) in [7, 11) is 0. The SMILES string of the molecule is CC(C)NCc1coc2c(Br)ccc(F)c12. The molecule has 0 spiro atoms. The van der Waals surface area contributed by atoms with E-state index in [2.05, 4.69) is 35.1 Å². The number of hydrogen-bond donors (Lipinski definition) is 1. The van der Waals surface area contributed by atoms with Crippen molar-refractivity contribution in [1.82, 2.24) is 5.32 Å². The van der Waals surface area contributed by atoms with Crippen LogP contribution in [0.3, 0.4) is 0 Å². The summed E-state index contributed by atoms with van der Waals surface area (Å²) in [4.78, 5) is 0. The van der Waals surface area contributed by atoms with Gasteiger partial charge >= 0.3 is 0 Å². The topological polar surface area (TPSA) is 25.2 Å². The average molecular weight is 286 g/mol. The van der Waals surface area contributed by atoms with Crippen molar-refractivity contribution < 1.29 is 8.81 Å². The minimum absolute atomic E-state index is 0.243. The zero-order chi connectivity index (χ0) is 11.7. The summed E-state index contributed by atoms with van der Waals surface area (Å²) >= 11 is 3.34. The maximum absolute atomic E-state index is 13.7. The van der Waals surface area contributed by atoms with Crippen LogP contribution in [0.1, 0.15) is 19.4 Å². The van der Waals surface area contributed by atoms with Crippen LogP contribution in [0.15, 0.2) is 27.3 Å². The van der Waals surface area contributed by atoms with Gasteiger partial charge in [0.2, 0.25) is 0 Å². The minimum atomic E-state index is -0.243. The maximum Gasteiger partial charge on any atom is 0.151 e. The summed E-state index contributed by atoms with van der Waals surface area (Å²) in [5, 5.41) is 3.80. The highest BCUT2D eigenvalue weighted by atomic mass is 79.9. The quantitative estimate of drug-likeness (QED) is 0.927. The summed E-state index contributed by atoms with van der Waals surface area (Å²) in [5.74, 6) is -0.243. The van der Waals surface area contributed by atoms with E-state index in [1.54, 1.807) is 12.3 Å². The number of benzene rings is 1. The van der Waals surface area contributed by atoms with Crippen molar-refractivity contribution in [2.24, 2.45) is 0 Å². The van der Waals surface area contributed by atoms with Gasteiger partial charge in [-0.1, -0.05) is 13.8 Å². The second-order valence-corrected chi connectivity index (χ2v) is 4.88. The van der Waals surface area contributed by atoms with Crippen LogP contribution in [0.5, 0.6) is 0 Å². The third-order valence-electron chi connectivity index (χ3n) is 2.40.